The van der Waals surface area contributed by atoms with Crippen LogP contribution in [0.3, 0.4) is 0 Å². The van der Waals surface area contributed by atoms with Gasteiger partial charge < -0.3 is 16.0 Å². The van der Waals surface area contributed by atoms with Crippen LogP contribution in [-0.2, 0) is 0 Å². The van der Waals surface area contributed by atoms with E-state index >= 15 is 0 Å². The van der Waals surface area contributed by atoms with Crippen molar-refractivity contribution in [2.45, 2.75) is 5.00 Å². The molecule has 1 aromatic carbocycles. The summed E-state index contributed by atoms with van der Waals surface area (Å²) in [6.07, 6.45) is 8.21. The summed E-state index contributed by atoms with van der Waals surface area (Å²) in [7, 11) is 0. The molecule has 4 nitrogen and oxygen atoms in total. The molecule has 1 saturated heterocycles. The van der Waals surface area contributed by atoms with E-state index in [2.05, 4.69) is 61.1 Å². The molecular formula is C17H18BrClN4. The van der Waals surface area contributed by atoms with Crippen molar-refractivity contribution in [3.63, 3.8) is 0 Å². The molecule has 2 heterocycles. The Morgan fingerprint density at radius 3 is 2.83 bits per heavy atom. The van der Waals surface area contributed by atoms with Crippen molar-refractivity contribution in [3.8, 4) is 0 Å². The van der Waals surface area contributed by atoms with Gasteiger partial charge in [-0.3, -0.25) is 4.90 Å². The standard InChI is InChI=1S/C17H18BrClN4/c18-12-3-4-15-16(10-12)21-11-13-14(22-15)2-1-5-17(13,19)23-8-6-20-7-9-23/h1-5,10-11,20-22H,6-9H2. The maximum atomic E-state index is 7.09. The van der Waals surface area contributed by atoms with Gasteiger partial charge >= 0.3 is 0 Å². The van der Waals surface area contributed by atoms with Crippen LogP contribution in [0.2, 0.25) is 0 Å². The Hall–Kier alpha value is -1.27. The first-order chi connectivity index (χ1) is 11.2. The number of halogens is 2. The first-order valence-corrected chi connectivity index (χ1v) is 8.92. The fourth-order valence-corrected chi connectivity index (χ4v) is 3.99. The lowest BCUT2D eigenvalue weighted by molar-refractivity contribution is 0.197. The van der Waals surface area contributed by atoms with Crippen molar-refractivity contribution >= 4 is 38.9 Å². The molecule has 2 aliphatic heterocycles. The summed E-state index contributed by atoms with van der Waals surface area (Å²) in [6, 6.07) is 6.15. The number of anilines is 2. The zero-order valence-electron chi connectivity index (χ0n) is 12.6. The number of allylic oxidation sites excluding steroid dienone is 2. The van der Waals surface area contributed by atoms with E-state index in [9.17, 15) is 0 Å². The van der Waals surface area contributed by atoms with Gasteiger partial charge in [-0.2, -0.15) is 0 Å². The molecule has 1 aliphatic carbocycles. The molecule has 4 rings (SSSR count). The van der Waals surface area contributed by atoms with Crippen molar-refractivity contribution < 1.29 is 0 Å². The second-order valence-corrected chi connectivity index (χ2v) is 7.36. The highest BCUT2D eigenvalue weighted by Gasteiger charge is 2.40. The van der Waals surface area contributed by atoms with E-state index in [1.54, 1.807) is 0 Å². The minimum atomic E-state index is -0.620. The van der Waals surface area contributed by atoms with Gasteiger partial charge in [-0.05, 0) is 30.4 Å². The fraction of sp³-hybridized carbons (Fsp3) is 0.294. The quantitative estimate of drug-likeness (QED) is 0.505. The average Bonchev–Trinajstić information content (AvgIpc) is 2.75. The number of piperazine rings is 1. The molecule has 0 aromatic heterocycles. The Morgan fingerprint density at radius 1 is 1.17 bits per heavy atom. The number of rotatable bonds is 1. The van der Waals surface area contributed by atoms with Crippen LogP contribution < -0.4 is 16.0 Å². The number of hydrogen-bond donors (Lipinski definition) is 3. The summed E-state index contributed by atoms with van der Waals surface area (Å²) in [4.78, 5) is 1.70. The number of alkyl halides is 1. The van der Waals surface area contributed by atoms with Gasteiger partial charge in [0.25, 0.3) is 0 Å². The number of benzene rings is 1. The zero-order valence-corrected chi connectivity index (χ0v) is 14.9. The molecule has 0 radical (unpaired) electrons. The zero-order chi connectivity index (χ0) is 15.9. The molecular weight excluding hydrogens is 376 g/mol. The lowest BCUT2D eigenvalue weighted by atomic mass is 9.96. The van der Waals surface area contributed by atoms with Gasteiger partial charge in [-0.1, -0.05) is 33.6 Å². The number of nitrogens with zero attached hydrogens (tertiary/aromatic N) is 1. The van der Waals surface area contributed by atoms with Crippen LogP contribution in [-0.4, -0.2) is 36.1 Å². The number of nitrogens with one attached hydrogen (secondary N) is 3. The molecule has 120 valence electrons. The smallest absolute Gasteiger partial charge is 0.144 e. The van der Waals surface area contributed by atoms with Gasteiger partial charge in [0.1, 0.15) is 5.00 Å². The van der Waals surface area contributed by atoms with Gasteiger partial charge in [0.2, 0.25) is 0 Å². The summed E-state index contributed by atoms with van der Waals surface area (Å²) in [5.74, 6) is 0. The normalized spacial score (nSPS) is 26.9. The Balaban J connectivity index is 1.72. The second kappa shape index (κ2) is 5.98. The van der Waals surface area contributed by atoms with Crippen molar-refractivity contribution in [2.24, 2.45) is 0 Å². The summed E-state index contributed by atoms with van der Waals surface area (Å²) in [5, 5.41) is 10.3. The van der Waals surface area contributed by atoms with E-state index in [1.165, 1.54) is 0 Å². The van der Waals surface area contributed by atoms with Gasteiger partial charge in [0, 0.05) is 48.1 Å². The van der Waals surface area contributed by atoms with E-state index in [4.69, 9.17) is 11.6 Å². The minimum Gasteiger partial charge on any atom is -0.359 e. The summed E-state index contributed by atoms with van der Waals surface area (Å²) in [6.45, 7) is 3.78. The minimum absolute atomic E-state index is 0.620. The van der Waals surface area contributed by atoms with Crippen LogP contribution in [0.5, 0.6) is 0 Å². The Labute approximate surface area is 149 Å². The van der Waals surface area contributed by atoms with E-state index < -0.39 is 5.00 Å². The number of fused-ring (bicyclic) bond motifs is 2. The van der Waals surface area contributed by atoms with Gasteiger partial charge in [-0.15, -0.1) is 0 Å². The SMILES string of the molecule is ClC1(N2CCNCC2)C=CC=C2Nc3ccc(Br)cc3NC=C21. The molecule has 0 spiro atoms. The second-order valence-electron chi connectivity index (χ2n) is 5.87. The van der Waals surface area contributed by atoms with Gasteiger partial charge in [0.15, 0.2) is 0 Å². The monoisotopic (exact) mass is 392 g/mol. The first kappa shape index (κ1) is 15.3. The Morgan fingerprint density at radius 2 is 2.00 bits per heavy atom. The highest BCUT2D eigenvalue weighted by atomic mass is 79.9. The highest BCUT2D eigenvalue weighted by molar-refractivity contribution is 9.10. The Bertz CT molecular complexity index is 721. The summed E-state index contributed by atoms with van der Waals surface area (Å²) in [5.41, 5.74) is 4.16. The van der Waals surface area contributed by atoms with Crippen LogP contribution in [0.4, 0.5) is 11.4 Å². The third kappa shape index (κ3) is 2.72. The van der Waals surface area contributed by atoms with Gasteiger partial charge in [-0.25, -0.2) is 0 Å². The molecule has 6 heteroatoms. The third-order valence-corrected chi connectivity index (χ3v) is 5.51. The molecule has 1 atom stereocenters. The number of hydrogen-bond acceptors (Lipinski definition) is 4. The molecule has 0 saturated carbocycles. The van der Waals surface area contributed by atoms with E-state index in [0.29, 0.717) is 0 Å². The van der Waals surface area contributed by atoms with Crippen LogP contribution in [0.25, 0.3) is 0 Å². The molecule has 1 fully saturated rings. The topological polar surface area (TPSA) is 39.3 Å². The molecule has 1 aromatic rings. The van der Waals surface area contributed by atoms with Crippen molar-refractivity contribution in [3.05, 3.63) is 58.4 Å². The highest BCUT2D eigenvalue weighted by Crippen LogP contribution is 2.41. The molecule has 0 bridgehead atoms. The lowest BCUT2D eigenvalue weighted by Gasteiger charge is -2.42. The maximum Gasteiger partial charge on any atom is 0.144 e. The van der Waals surface area contributed by atoms with Crippen LogP contribution >= 0.6 is 27.5 Å². The molecule has 3 aliphatic rings. The van der Waals surface area contributed by atoms with Crippen molar-refractivity contribution in [1.29, 1.82) is 0 Å². The molecule has 3 N–H and O–H groups in total. The maximum absolute atomic E-state index is 7.09. The predicted octanol–water partition coefficient (Wildman–Crippen LogP) is 3.46. The summed E-state index contributed by atoms with van der Waals surface area (Å²) >= 11 is 10.6. The van der Waals surface area contributed by atoms with E-state index in [1.807, 2.05) is 18.3 Å². The first-order valence-electron chi connectivity index (χ1n) is 7.75. The largest absolute Gasteiger partial charge is 0.359 e. The molecule has 1 unspecified atom stereocenters. The third-order valence-electron chi connectivity index (χ3n) is 4.45. The van der Waals surface area contributed by atoms with E-state index in [-0.39, 0.29) is 0 Å². The van der Waals surface area contributed by atoms with Crippen LogP contribution in [0, 0.1) is 0 Å². The van der Waals surface area contributed by atoms with Crippen molar-refractivity contribution in [2.75, 3.05) is 36.8 Å². The average molecular weight is 394 g/mol. The Kier molecular flexibility index (Phi) is 3.97. The predicted molar refractivity (Wildman–Crippen MR) is 99.7 cm³/mol. The van der Waals surface area contributed by atoms with Crippen LogP contribution in [0.1, 0.15) is 0 Å². The molecule has 0 amide bonds. The van der Waals surface area contributed by atoms with Gasteiger partial charge in [0.05, 0.1) is 11.4 Å². The summed E-state index contributed by atoms with van der Waals surface area (Å²) < 4.78 is 1.04. The fourth-order valence-electron chi connectivity index (χ4n) is 3.23. The van der Waals surface area contributed by atoms with Crippen LogP contribution in [0.15, 0.2) is 58.4 Å². The lowest BCUT2D eigenvalue weighted by Crippen LogP contribution is -2.54. The van der Waals surface area contributed by atoms with E-state index in [0.717, 1.165) is 53.3 Å². The molecule has 23 heavy (non-hydrogen) atoms. The van der Waals surface area contributed by atoms with Crippen molar-refractivity contribution in [1.82, 2.24) is 10.2 Å².